The number of carbonyl (C=O) groups excluding carboxylic acids is 2. The molecule has 0 radical (unpaired) electrons. The molecular weight excluding hydrogens is 349 g/mol. The third kappa shape index (κ3) is 4.85. The van der Waals surface area contributed by atoms with Crippen molar-refractivity contribution in [1.29, 1.82) is 0 Å². The van der Waals surface area contributed by atoms with E-state index in [9.17, 15) is 22.8 Å². The van der Waals surface area contributed by atoms with Crippen molar-refractivity contribution < 1.29 is 27.5 Å². The Morgan fingerprint density at radius 3 is 2.38 bits per heavy atom. The summed E-state index contributed by atoms with van der Waals surface area (Å²) in [7, 11) is 0. The van der Waals surface area contributed by atoms with E-state index >= 15 is 0 Å². The predicted octanol–water partition coefficient (Wildman–Crippen LogP) is 3.04. The van der Waals surface area contributed by atoms with Crippen molar-refractivity contribution in [2.24, 2.45) is 0 Å². The smallest absolute Gasteiger partial charge is 0.251 e. The highest BCUT2D eigenvalue weighted by molar-refractivity contribution is 5.99. The van der Waals surface area contributed by atoms with E-state index in [4.69, 9.17) is 4.74 Å². The highest BCUT2D eigenvalue weighted by Gasteiger charge is 2.15. The van der Waals surface area contributed by atoms with E-state index in [1.165, 1.54) is 12.1 Å². The van der Waals surface area contributed by atoms with Gasteiger partial charge in [-0.2, -0.15) is 0 Å². The molecule has 0 heterocycles. The molecule has 2 amide bonds. The molecule has 0 unspecified atom stereocenters. The first-order valence-electron chi connectivity index (χ1n) is 7.47. The van der Waals surface area contributed by atoms with Crippen molar-refractivity contribution in [3.05, 3.63) is 72.1 Å². The Hall–Kier alpha value is -3.29. The first-order chi connectivity index (χ1) is 12.4. The lowest BCUT2D eigenvalue weighted by atomic mass is 10.2. The molecule has 26 heavy (non-hydrogen) atoms. The van der Waals surface area contributed by atoms with Crippen LogP contribution in [-0.2, 0) is 4.79 Å². The van der Waals surface area contributed by atoms with Crippen LogP contribution in [0.25, 0.3) is 0 Å². The third-order valence-electron chi connectivity index (χ3n) is 3.20. The van der Waals surface area contributed by atoms with Crippen LogP contribution in [0.3, 0.4) is 0 Å². The molecule has 0 spiro atoms. The molecule has 0 saturated heterocycles. The lowest BCUT2D eigenvalue weighted by molar-refractivity contribution is -0.115. The van der Waals surface area contributed by atoms with Gasteiger partial charge in [0.15, 0.2) is 17.5 Å². The van der Waals surface area contributed by atoms with Crippen LogP contribution in [0.4, 0.5) is 18.9 Å². The molecule has 136 valence electrons. The summed E-state index contributed by atoms with van der Waals surface area (Å²) in [5.74, 6) is -5.36. The molecule has 0 bridgehead atoms. The molecule has 2 aromatic rings. The van der Waals surface area contributed by atoms with Gasteiger partial charge in [-0.3, -0.25) is 9.59 Å². The van der Waals surface area contributed by atoms with Gasteiger partial charge in [0.25, 0.3) is 5.91 Å². The van der Waals surface area contributed by atoms with E-state index in [0.717, 1.165) is 6.07 Å². The maximum atomic E-state index is 13.5. The average Bonchev–Trinajstić information content (AvgIpc) is 2.65. The molecule has 0 fully saturated rings. The molecule has 0 saturated carbocycles. The fraction of sp³-hybridized carbons (Fsp3) is 0.111. The number of benzene rings is 2. The summed E-state index contributed by atoms with van der Waals surface area (Å²) < 4.78 is 44.7. The first-order valence-corrected chi connectivity index (χ1v) is 7.47. The Labute approximate surface area is 147 Å². The summed E-state index contributed by atoms with van der Waals surface area (Å²) in [5.41, 5.74) is -0.241. The van der Waals surface area contributed by atoms with Crippen molar-refractivity contribution in [1.82, 2.24) is 5.32 Å². The first kappa shape index (κ1) is 19.0. The van der Waals surface area contributed by atoms with Crippen molar-refractivity contribution >= 4 is 17.5 Å². The second-order valence-electron chi connectivity index (χ2n) is 5.08. The number of ether oxygens (including phenoxy) is 1. The standard InChI is InChI=1S/C18H15F3N2O3/c1-2-9-26-12-5-3-11(4-6-12)18(25)22-10-15(24)23-14-8-7-13(19)16(20)17(14)21/h2-8H,1,9-10H2,(H,22,25)(H,23,24). The maximum Gasteiger partial charge on any atom is 0.251 e. The predicted molar refractivity (Wildman–Crippen MR) is 89.4 cm³/mol. The molecule has 2 rings (SSSR count). The van der Waals surface area contributed by atoms with E-state index in [1.807, 2.05) is 0 Å². The summed E-state index contributed by atoms with van der Waals surface area (Å²) in [6.07, 6.45) is 1.58. The molecule has 2 N–H and O–H groups in total. The van der Waals surface area contributed by atoms with Gasteiger partial charge in [-0.1, -0.05) is 12.7 Å². The van der Waals surface area contributed by atoms with E-state index in [0.29, 0.717) is 18.4 Å². The number of halogens is 3. The zero-order valence-electron chi connectivity index (χ0n) is 13.5. The highest BCUT2D eigenvalue weighted by atomic mass is 19.2. The molecule has 8 heteroatoms. The minimum Gasteiger partial charge on any atom is -0.490 e. The molecule has 5 nitrogen and oxygen atoms in total. The number of nitrogens with one attached hydrogen (secondary N) is 2. The largest absolute Gasteiger partial charge is 0.490 e. The molecule has 0 atom stereocenters. The summed E-state index contributed by atoms with van der Waals surface area (Å²) in [6.45, 7) is 3.36. The van der Waals surface area contributed by atoms with Gasteiger partial charge in [-0.05, 0) is 36.4 Å². The van der Waals surface area contributed by atoms with E-state index in [2.05, 4.69) is 17.2 Å². The summed E-state index contributed by atoms with van der Waals surface area (Å²) >= 11 is 0. The van der Waals surface area contributed by atoms with Crippen LogP contribution in [0.2, 0.25) is 0 Å². The Morgan fingerprint density at radius 2 is 1.73 bits per heavy atom. The zero-order chi connectivity index (χ0) is 19.1. The number of anilines is 1. The molecule has 0 aromatic heterocycles. The van der Waals surface area contributed by atoms with E-state index < -0.39 is 41.5 Å². The number of hydrogen-bond acceptors (Lipinski definition) is 3. The quantitative estimate of drug-likeness (QED) is 0.586. The second-order valence-corrected chi connectivity index (χ2v) is 5.08. The normalized spacial score (nSPS) is 10.1. The topological polar surface area (TPSA) is 67.4 Å². The van der Waals surface area contributed by atoms with Gasteiger partial charge < -0.3 is 15.4 Å². The number of carbonyl (C=O) groups is 2. The second kappa shape index (κ2) is 8.70. The van der Waals surface area contributed by atoms with Gasteiger partial charge in [-0.25, -0.2) is 13.2 Å². The summed E-state index contributed by atoms with van der Waals surface area (Å²) in [5, 5.41) is 4.38. The van der Waals surface area contributed by atoms with E-state index in [1.54, 1.807) is 18.2 Å². The number of amides is 2. The Morgan fingerprint density at radius 1 is 1.04 bits per heavy atom. The van der Waals surface area contributed by atoms with Crippen LogP contribution in [0.5, 0.6) is 5.75 Å². The molecule has 2 aromatic carbocycles. The van der Waals surface area contributed by atoms with Gasteiger partial charge in [0.2, 0.25) is 5.91 Å². The highest BCUT2D eigenvalue weighted by Crippen LogP contribution is 2.19. The van der Waals surface area contributed by atoms with Crippen molar-refractivity contribution in [3.63, 3.8) is 0 Å². The average molecular weight is 364 g/mol. The summed E-state index contributed by atoms with van der Waals surface area (Å²) in [6, 6.07) is 7.73. The maximum absolute atomic E-state index is 13.5. The van der Waals surface area contributed by atoms with Gasteiger partial charge in [0, 0.05) is 5.56 Å². The van der Waals surface area contributed by atoms with Crippen molar-refractivity contribution in [3.8, 4) is 5.75 Å². The molecule has 0 aliphatic rings. The zero-order valence-corrected chi connectivity index (χ0v) is 13.5. The Balaban J connectivity index is 1.89. The monoisotopic (exact) mass is 364 g/mol. The van der Waals surface area contributed by atoms with Gasteiger partial charge in [0.1, 0.15) is 12.4 Å². The van der Waals surface area contributed by atoms with Crippen LogP contribution < -0.4 is 15.4 Å². The van der Waals surface area contributed by atoms with Crippen LogP contribution in [-0.4, -0.2) is 25.0 Å². The van der Waals surface area contributed by atoms with Crippen molar-refractivity contribution in [2.45, 2.75) is 0 Å². The number of hydrogen-bond donors (Lipinski definition) is 2. The van der Waals surface area contributed by atoms with Gasteiger partial charge in [0.05, 0.1) is 12.2 Å². The lowest BCUT2D eigenvalue weighted by Gasteiger charge is -2.09. The van der Waals surface area contributed by atoms with Gasteiger partial charge in [-0.15, -0.1) is 0 Å². The Kier molecular flexibility index (Phi) is 6.37. The molecule has 0 aliphatic carbocycles. The van der Waals surface area contributed by atoms with Crippen LogP contribution in [0.15, 0.2) is 49.1 Å². The fourth-order valence-corrected chi connectivity index (χ4v) is 1.94. The van der Waals surface area contributed by atoms with Crippen LogP contribution in [0, 0.1) is 17.5 Å². The summed E-state index contributed by atoms with van der Waals surface area (Å²) in [4.78, 5) is 23.7. The van der Waals surface area contributed by atoms with Crippen molar-refractivity contribution in [2.75, 3.05) is 18.5 Å². The fourth-order valence-electron chi connectivity index (χ4n) is 1.94. The molecular formula is C18H15F3N2O3. The van der Waals surface area contributed by atoms with E-state index in [-0.39, 0.29) is 5.56 Å². The van der Waals surface area contributed by atoms with Gasteiger partial charge >= 0.3 is 0 Å². The van der Waals surface area contributed by atoms with Crippen LogP contribution in [0.1, 0.15) is 10.4 Å². The lowest BCUT2D eigenvalue weighted by Crippen LogP contribution is -2.33. The molecule has 0 aliphatic heterocycles. The Bertz CT molecular complexity index is 823. The number of rotatable bonds is 7. The minimum absolute atomic E-state index is 0.280. The SMILES string of the molecule is C=CCOc1ccc(C(=O)NCC(=O)Nc2ccc(F)c(F)c2F)cc1. The minimum atomic E-state index is -1.69. The third-order valence-corrected chi connectivity index (χ3v) is 3.20. The van der Waals surface area contributed by atoms with Crippen LogP contribution >= 0.6 is 0 Å².